The average Bonchev–Trinajstić information content (AvgIpc) is 3.15. The van der Waals surface area contributed by atoms with Gasteiger partial charge in [0.1, 0.15) is 17.2 Å². The molecular formula is C24H30N4O3. The van der Waals surface area contributed by atoms with Crippen LogP contribution < -0.4 is 15.0 Å². The van der Waals surface area contributed by atoms with Crippen molar-refractivity contribution in [1.82, 2.24) is 14.7 Å². The van der Waals surface area contributed by atoms with Crippen LogP contribution in [-0.4, -0.2) is 34.9 Å². The maximum Gasteiger partial charge on any atom is 0.253 e. The molecule has 0 saturated heterocycles. The van der Waals surface area contributed by atoms with Crippen molar-refractivity contribution in [2.24, 2.45) is 0 Å². The molecular weight excluding hydrogens is 392 g/mol. The first-order valence-electron chi connectivity index (χ1n) is 10.7. The Bertz CT molecular complexity index is 1070. The van der Waals surface area contributed by atoms with E-state index in [0.717, 1.165) is 41.3 Å². The minimum Gasteiger partial charge on any atom is -0.496 e. The second kappa shape index (κ2) is 10.1. The van der Waals surface area contributed by atoms with Gasteiger partial charge in [0.25, 0.3) is 5.91 Å². The van der Waals surface area contributed by atoms with Crippen LogP contribution in [0.2, 0.25) is 0 Å². The Labute approximate surface area is 183 Å². The molecule has 0 radical (unpaired) electrons. The van der Waals surface area contributed by atoms with Crippen LogP contribution in [0, 0.1) is 0 Å². The molecule has 2 aromatic heterocycles. The van der Waals surface area contributed by atoms with E-state index in [-0.39, 0.29) is 11.8 Å². The number of para-hydroxylation sites is 1. The molecule has 0 fully saturated rings. The van der Waals surface area contributed by atoms with E-state index in [0.29, 0.717) is 25.1 Å². The summed E-state index contributed by atoms with van der Waals surface area (Å²) in [5, 5.41) is 2.95. The molecule has 2 heterocycles. The van der Waals surface area contributed by atoms with Crippen LogP contribution in [0.15, 0.2) is 42.6 Å². The largest absolute Gasteiger partial charge is 0.496 e. The van der Waals surface area contributed by atoms with Gasteiger partial charge in [-0.1, -0.05) is 38.5 Å². The smallest absolute Gasteiger partial charge is 0.253 e. The molecule has 164 valence electrons. The van der Waals surface area contributed by atoms with Gasteiger partial charge in [-0.05, 0) is 31.0 Å². The lowest BCUT2D eigenvalue weighted by Gasteiger charge is -2.21. The number of benzene rings is 1. The third-order valence-corrected chi connectivity index (χ3v) is 5.26. The number of carbonyl (C=O) groups excluding carboxylic acids is 2. The van der Waals surface area contributed by atoms with Gasteiger partial charge >= 0.3 is 0 Å². The highest BCUT2D eigenvalue weighted by molar-refractivity contribution is 5.95. The standard InChI is InChI=1S/C24H30N4O3/c1-5-7-14-27(17(3)29)24-20(6-2)26-22-13-12-19(16-28(22)24)23(30)25-15-18-10-8-9-11-21(18)31-4/h8-13,16H,5-7,14-15H2,1-4H3,(H,25,30). The van der Waals surface area contributed by atoms with Gasteiger partial charge < -0.3 is 10.1 Å². The van der Waals surface area contributed by atoms with Crippen molar-refractivity contribution in [2.45, 2.75) is 46.6 Å². The van der Waals surface area contributed by atoms with Crippen molar-refractivity contribution in [3.8, 4) is 5.75 Å². The topological polar surface area (TPSA) is 75.9 Å². The van der Waals surface area contributed by atoms with E-state index in [9.17, 15) is 9.59 Å². The average molecular weight is 423 g/mol. The number of hydrogen-bond donors (Lipinski definition) is 1. The molecule has 0 bridgehead atoms. The summed E-state index contributed by atoms with van der Waals surface area (Å²) in [4.78, 5) is 31.7. The van der Waals surface area contributed by atoms with Crippen molar-refractivity contribution in [3.63, 3.8) is 0 Å². The van der Waals surface area contributed by atoms with Crippen molar-refractivity contribution in [3.05, 3.63) is 59.4 Å². The maximum absolute atomic E-state index is 12.9. The van der Waals surface area contributed by atoms with Gasteiger partial charge in [0.15, 0.2) is 0 Å². The molecule has 3 rings (SSSR count). The minimum absolute atomic E-state index is 0.0315. The van der Waals surface area contributed by atoms with Gasteiger partial charge in [0.05, 0.1) is 18.4 Å². The maximum atomic E-state index is 12.9. The van der Waals surface area contributed by atoms with Crippen LogP contribution in [0.25, 0.3) is 5.65 Å². The molecule has 0 aliphatic rings. The van der Waals surface area contributed by atoms with Crippen molar-refractivity contribution >= 4 is 23.3 Å². The lowest BCUT2D eigenvalue weighted by atomic mass is 10.2. The number of anilines is 1. The Morgan fingerprint density at radius 3 is 2.61 bits per heavy atom. The Morgan fingerprint density at radius 2 is 1.94 bits per heavy atom. The molecule has 7 heteroatoms. The molecule has 7 nitrogen and oxygen atoms in total. The number of carbonyl (C=O) groups is 2. The fourth-order valence-corrected chi connectivity index (χ4v) is 3.59. The van der Waals surface area contributed by atoms with Crippen LogP contribution in [0.3, 0.4) is 0 Å². The lowest BCUT2D eigenvalue weighted by molar-refractivity contribution is -0.116. The highest BCUT2D eigenvalue weighted by Gasteiger charge is 2.21. The normalized spacial score (nSPS) is 10.8. The molecule has 1 aromatic carbocycles. The first-order chi connectivity index (χ1) is 15.0. The number of nitrogens with zero attached hydrogens (tertiary/aromatic N) is 3. The van der Waals surface area contributed by atoms with Gasteiger partial charge in [-0.2, -0.15) is 0 Å². The van der Waals surface area contributed by atoms with E-state index < -0.39 is 0 Å². The second-order valence-electron chi connectivity index (χ2n) is 7.40. The number of aryl methyl sites for hydroxylation is 1. The Morgan fingerprint density at radius 1 is 1.16 bits per heavy atom. The van der Waals surface area contributed by atoms with Crippen molar-refractivity contribution in [1.29, 1.82) is 0 Å². The monoisotopic (exact) mass is 422 g/mol. The summed E-state index contributed by atoms with van der Waals surface area (Å²) >= 11 is 0. The summed E-state index contributed by atoms with van der Waals surface area (Å²) in [6.07, 6.45) is 4.34. The first kappa shape index (κ1) is 22.3. The first-order valence-corrected chi connectivity index (χ1v) is 10.7. The number of hydrogen-bond acceptors (Lipinski definition) is 4. The second-order valence-corrected chi connectivity index (χ2v) is 7.40. The Balaban J connectivity index is 1.92. The number of amides is 2. The summed E-state index contributed by atoms with van der Waals surface area (Å²) < 4.78 is 7.21. The van der Waals surface area contributed by atoms with E-state index in [1.165, 1.54) is 0 Å². The summed E-state index contributed by atoms with van der Waals surface area (Å²) in [6.45, 7) is 6.66. The molecule has 2 amide bonds. The van der Waals surface area contributed by atoms with Crippen LogP contribution in [-0.2, 0) is 17.8 Å². The highest BCUT2D eigenvalue weighted by Crippen LogP contribution is 2.25. The van der Waals surface area contributed by atoms with Gasteiger partial charge in [-0.3, -0.25) is 18.9 Å². The van der Waals surface area contributed by atoms with E-state index in [1.807, 2.05) is 41.7 Å². The highest BCUT2D eigenvalue weighted by atomic mass is 16.5. The zero-order valence-electron chi connectivity index (χ0n) is 18.6. The number of fused-ring (bicyclic) bond motifs is 1. The number of nitrogens with one attached hydrogen (secondary N) is 1. The molecule has 3 aromatic rings. The minimum atomic E-state index is -0.201. The van der Waals surface area contributed by atoms with Crippen LogP contribution in [0.5, 0.6) is 5.75 Å². The van der Waals surface area contributed by atoms with Gasteiger partial charge in [-0.15, -0.1) is 0 Å². The molecule has 0 aliphatic heterocycles. The molecule has 31 heavy (non-hydrogen) atoms. The molecule has 0 saturated carbocycles. The number of unbranched alkanes of at least 4 members (excludes halogenated alkanes) is 1. The Hall–Kier alpha value is -3.35. The zero-order chi connectivity index (χ0) is 22.4. The summed E-state index contributed by atoms with van der Waals surface area (Å²) in [5.74, 6) is 1.25. The fourth-order valence-electron chi connectivity index (χ4n) is 3.59. The van der Waals surface area contributed by atoms with Gasteiger partial charge in [-0.25, -0.2) is 4.98 Å². The summed E-state index contributed by atoms with van der Waals surface area (Å²) in [6, 6.07) is 11.2. The number of rotatable bonds is 9. The van der Waals surface area contributed by atoms with Crippen LogP contribution in [0.4, 0.5) is 5.82 Å². The van der Waals surface area contributed by atoms with Crippen LogP contribution in [0.1, 0.15) is 55.2 Å². The van der Waals surface area contributed by atoms with Gasteiger partial charge in [0, 0.05) is 31.8 Å². The lowest BCUT2D eigenvalue weighted by Crippen LogP contribution is -2.31. The number of methoxy groups -OCH3 is 1. The fraction of sp³-hybridized carbons (Fsp3) is 0.375. The van der Waals surface area contributed by atoms with Crippen LogP contribution >= 0.6 is 0 Å². The molecule has 0 aliphatic carbocycles. The number of aromatic nitrogens is 2. The van der Waals surface area contributed by atoms with E-state index >= 15 is 0 Å². The molecule has 0 spiro atoms. The number of pyridine rings is 1. The SMILES string of the molecule is CCCCN(C(C)=O)c1c(CC)nc2ccc(C(=O)NCc3ccccc3OC)cn12. The Kier molecular flexibility index (Phi) is 7.28. The third-order valence-electron chi connectivity index (χ3n) is 5.26. The molecule has 0 atom stereocenters. The summed E-state index contributed by atoms with van der Waals surface area (Å²) in [7, 11) is 1.61. The zero-order valence-corrected chi connectivity index (χ0v) is 18.6. The van der Waals surface area contributed by atoms with Crippen molar-refractivity contribution in [2.75, 3.05) is 18.6 Å². The molecule has 1 N–H and O–H groups in total. The van der Waals surface area contributed by atoms with E-state index in [4.69, 9.17) is 4.74 Å². The molecule has 0 unspecified atom stereocenters. The summed E-state index contributed by atoms with van der Waals surface area (Å²) in [5.41, 5.74) is 2.97. The number of imidazole rings is 1. The predicted molar refractivity (Wildman–Crippen MR) is 122 cm³/mol. The van der Waals surface area contributed by atoms with E-state index in [2.05, 4.69) is 17.2 Å². The predicted octanol–water partition coefficient (Wildman–Crippen LogP) is 3.99. The number of ether oxygens (including phenoxy) is 1. The third kappa shape index (κ3) is 4.87. The quantitative estimate of drug-likeness (QED) is 0.566. The van der Waals surface area contributed by atoms with E-state index in [1.54, 1.807) is 31.2 Å². The van der Waals surface area contributed by atoms with Gasteiger partial charge in [0.2, 0.25) is 5.91 Å². The van der Waals surface area contributed by atoms with Crippen molar-refractivity contribution < 1.29 is 14.3 Å².